The number of hydrogen-bond acceptors (Lipinski definition) is 6. The maximum absolute atomic E-state index is 12.6. The molecule has 2 heterocycles. The lowest BCUT2D eigenvalue weighted by atomic mass is 10.2. The van der Waals surface area contributed by atoms with Gasteiger partial charge in [0.25, 0.3) is 11.8 Å². The van der Waals surface area contributed by atoms with Crippen LogP contribution in [-0.2, 0) is 14.3 Å². The van der Waals surface area contributed by atoms with E-state index < -0.39 is 6.04 Å². The van der Waals surface area contributed by atoms with Crippen LogP contribution < -0.4 is 29.9 Å². The Morgan fingerprint density at radius 2 is 1.69 bits per heavy atom. The SMILES string of the molecule is C[C@@H](C(=O)Nc1ccc2c(c1)OCO2)[NH+](C)CC(=O)Nc1ccc(N2CCOCC2)cc1. The van der Waals surface area contributed by atoms with E-state index in [1.807, 2.05) is 31.3 Å². The number of quaternary nitrogens is 1. The van der Waals surface area contributed by atoms with Crippen molar-refractivity contribution in [1.29, 1.82) is 0 Å². The number of morpholine rings is 1. The number of amides is 2. The van der Waals surface area contributed by atoms with Crippen molar-refractivity contribution >= 4 is 28.9 Å². The van der Waals surface area contributed by atoms with E-state index in [1.54, 1.807) is 25.1 Å². The maximum atomic E-state index is 12.6. The molecule has 32 heavy (non-hydrogen) atoms. The van der Waals surface area contributed by atoms with Crippen LogP contribution >= 0.6 is 0 Å². The van der Waals surface area contributed by atoms with Crippen molar-refractivity contribution in [1.82, 2.24) is 0 Å². The largest absolute Gasteiger partial charge is 0.454 e. The zero-order valence-electron chi connectivity index (χ0n) is 18.3. The fourth-order valence-corrected chi connectivity index (χ4v) is 3.64. The second-order valence-corrected chi connectivity index (χ2v) is 8.00. The first-order valence-corrected chi connectivity index (χ1v) is 10.7. The van der Waals surface area contributed by atoms with Crippen LogP contribution in [-0.4, -0.2) is 64.5 Å². The fraction of sp³-hybridized carbons (Fsp3) is 0.391. The Bertz CT molecular complexity index is 959. The molecule has 1 fully saturated rings. The van der Waals surface area contributed by atoms with Gasteiger partial charge in [-0.25, -0.2) is 0 Å². The molecule has 2 aliphatic heterocycles. The Kier molecular flexibility index (Phi) is 6.77. The van der Waals surface area contributed by atoms with Crippen LogP contribution in [0.25, 0.3) is 0 Å². The minimum atomic E-state index is -0.421. The van der Waals surface area contributed by atoms with Crippen molar-refractivity contribution in [3.05, 3.63) is 42.5 Å². The van der Waals surface area contributed by atoms with Crippen LogP contribution in [0.15, 0.2) is 42.5 Å². The van der Waals surface area contributed by atoms with Gasteiger partial charge < -0.3 is 34.6 Å². The highest BCUT2D eigenvalue weighted by Gasteiger charge is 2.25. The molecular weight excluding hydrogens is 412 g/mol. The normalized spacial score (nSPS) is 16.9. The van der Waals surface area contributed by atoms with Crippen LogP contribution in [0.1, 0.15) is 6.92 Å². The summed E-state index contributed by atoms with van der Waals surface area (Å²) in [4.78, 5) is 28.2. The van der Waals surface area contributed by atoms with E-state index in [1.165, 1.54) is 0 Å². The van der Waals surface area contributed by atoms with Crippen molar-refractivity contribution < 1.29 is 28.7 Å². The van der Waals surface area contributed by atoms with Gasteiger partial charge in [-0.3, -0.25) is 9.59 Å². The number of nitrogens with one attached hydrogen (secondary N) is 3. The Morgan fingerprint density at radius 1 is 1.00 bits per heavy atom. The van der Waals surface area contributed by atoms with Crippen LogP contribution in [0.2, 0.25) is 0 Å². The molecule has 2 aliphatic rings. The summed E-state index contributed by atoms with van der Waals surface area (Å²) in [5, 5.41) is 5.78. The summed E-state index contributed by atoms with van der Waals surface area (Å²) in [5.41, 5.74) is 2.48. The summed E-state index contributed by atoms with van der Waals surface area (Å²) in [5.74, 6) is 0.942. The first-order valence-electron chi connectivity index (χ1n) is 10.7. The third-order valence-corrected chi connectivity index (χ3v) is 5.74. The van der Waals surface area contributed by atoms with E-state index in [2.05, 4.69) is 15.5 Å². The van der Waals surface area contributed by atoms with Crippen molar-refractivity contribution in [2.24, 2.45) is 0 Å². The van der Waals surface area contributed by atoms with Gasteiger partial charge in [0.05, 0.1) is 20.3 Å². The summed E-state index contributed by atoms with van der Waals surface area (Å²) in [6.07, 6.45) is 0. The molecule has 3 N–H and O–H groups in total. The molecule has 9 heteroatoms. The first kappa shape index (κ1) is 21.9. The molecule has 0 aliphatic carbocycles. The van der Waals surface area contributed by atoms with Gasteiger partial charge in [-0.05, 0) is 43.3 Å². The minimum absolute atomic E-state index is 0.149. The van der Waals surface area contributed by atoms with Gasteiger partial charge in [-0.1, -0.05) is 0 Å². The summed E-state index contributed by atoms with van der Waals surface area (Å²) < 4.78 is 16.0. The number of carbonyl (C=O) groups excluding carboxylic acids is 2. The molecule has 2 aromatic rings. The third-order valence-electron chi connectivity index (χ3n) is 5.74. The first-order chi connectivity index (χ1) is 15.5. The lowest BCUT2D eigenvalue weighted by Crippen LogP contribution is -3.14. The average molecular weight is 442 g/mol. The molecule has 4 rings (SSSR count). The zero-order chi connectivity index (χ0) is 22.5. The number of hydrogen-bond donors (Lipinski definition) is 3. The number of fused-ring (bicyclic) bond motifs is 1. The molecule has 1 saturated heterocycles. The van der Waals surface area contributed by atoms with E-state index in [-0.39, 0.29) is 25.2 Å². The molecule has 170 valence electrons. The second-order valence-electron chi connectivity index (χ2n) is 8.00. The molecule has 0 radical (unpaired) electrons. The number of ether oxygens (including phenoxy) is 3. The van der Waals surface area contributed by atoms with Crippen molar-refractivity contribution in [3.8, 4) is 11.5 Å². The zero-order valence-corrected chi connectivity index (χ0v) is 18.3. The highest BCUT2D eigenvalue weighted by atomic mass is 16.7. The van der Waals surface area contributed by atoms with Gasteiger partial charge in [-0.2, -0.15) is 0 Å². The molecule has 0 aromatic heterocycles. The lowest BCUT2D eigenvalue weighted by Gasteiger charge is -2.28. The topological polar surface area (TPSA) is 93.6 Å². The standard InChI is InChI=1S/C23H28N4O5/c1-16(23(29)25-18-5-8-20-21(13-18)32-15-31-20)26(2)14-22(28)24-17-3-6-19(7-4-17)27-9-11-30-12-10-27/h3-8,13,16H,9-12,14-15H2,1-2H3,(H,24,28)(H,25,29)/p+1/t16-/m0/s1. The highest BCUT2D eigenvalue weighted by molar-refractivity contribution is 5.95. The van der Waals surface area contributed by atoms with Crippen molar-refractivity contribution in [2.45, 2.75) is 13.0 Å². The van der Waals surface area contributed by atoms with Gasteiger partial charge in [0.2, 0.25) is 6.79 Å². The molecule has 0 bridgehead atoms. The van der Waals surface area contributed by atoms with E-state index in [9.17, 15) is 9.59 Å². The number of benzene rings is 2. The molecule has 2 atom stereocenters. The molecule has 0 saturated carbocycles. The smallest absolute Gasteiger partial charge is 0.282 e. The quantitative estimate of drug-likeness (QED) is 0.587. The Balaban J connectivity index is 1.26. The van der Waals surface area contributed by atoms with Crippen LogP contribution in [0.4, 0.5) is 17.1 Å². The Hall–Kier alpha value is -3.30. The Morgan fingerprint density at radius 3 is 2.44 bits per heavy atom. The number of rotatable bonds is 7. The van der Waals surface area contributed by atoms with Crippen molar-refractivity contribution in [3.63, 3.8) is 0 Å². The van der Waals surface area contributed by atoms with E-state index in [0.717, 1.165) is 42.6 Å². The minimum Gasteiger partial charge on any atom is -0.454 e. The number of carbonyl (C=O) groups is 2. The molecule has 1 unspecified atom stereocenters. The van der Waals surface area contributed by atoms with E-state index in [4.69, 9.17) is 14.2 Å². The van der Waals surface area contributed by atoms with E-state index in [0.29, 0.717) is 17.2 Å². The highest BCUT2D eigenvalue weighted by Crippen LogP contribution is 2.34. The monoisotopic (exact) mass is 441 g/mol. The lowest BCUT2D eigenvalue weighted by molar-refractivity contribution is -0.885. The Labute approximate surface area is 187 Å². The molecule has 2 aromatic carbocycles. The average Bonchev–Trinajstić information content (AvgIpc) is 3.27. The number of anilines is 3. The van der Waals surface area contributed by atoms with Crippen LogP contribution in [0.5, 0.6) is 11.5 Å². The maximum Gasteiger partial charge on any atom is 0.282 e. The molecular formula is C23H29N4O5+. The third kappa shape index (κ3) is 5.30. The van der Waals surface area contributed by atoms with E-state index >= 15 is 0 Å². The molecule has 2 amide bonds. The number of likely N-dealkylation sites (N-methyl/N-ethyl adjacent to an activating group) is 1. The van der Waals surface area contributed by atoms with Crippen molar-refractivity contribution in [2.75, 3.05) is 62.2 Å². The summed E-state index contributed by atoms with van der Waals surface area (Å²) >= 11 is 0. The fourth-order valence-electron chi connectivity index (χ4n) is 3.64. The van der Waals surface area contributed by atoms with Gasteiger partial charge in [-0.15, -0.1) is 0 Å². The summed E-state index contributed by atoms with van der Waals surface area (Å²) in [7, 11) is 1.82. The summed E-state index contributed by atoms with van der Waals surface area (Å²) in [6, 6.07) is 12.6. The molecule has 0 spiro atoms. The van der Waals surface area contributed by atoms with Crippen LogP contribution in [0, 0.1) is 0 Å². The molecule has 9 nitrogen and oxygen atoms in total. The van der Waals surface area contributed by atoms with Crippen LogP contribution in [0.3, 0.4) is 0 Å². The van der Waals surface area contributed by atoms with Gasteiger partial charge >= 0.3 is 0 Å². The predicted octanol–water partition coefficient (Wildman–Crippen LogP) is 0.732. The number of nitrogens with zero attached hydrogens (tertiary/aromatic N) is 1. The second kappa shape index (κ2) is 9.88. The predicted molar refractivity (Wildman–Crippen MR) is 121 cm³/mol. The van der Waals surface area contributed by atoms with Gasteiger partial charge in [0.1, 0.15) is 0 Å². The van der Waals surface area contributed by atoms with Gasteiger partial charge in [0, 0.05) is 36.2 Å². The van der Waals surface area contributed by atoms with Gasteiger partial charge in [0.15, 0.2) is 24.1 Å². The summed E-state index contributed by atoms with van der Waals surface area (Å²) in [6.45, 7) is 5.34.